The minimum Gasteiger partial charge on any atom is -0.380 e. The number of hydrogen-bond acceptors (Lipinski definition) is 4. The van der Waals surface area contributed by atoms with Gasteiger partial charge in [0.25, 0.3) is 5.91 Å². The highest BCUT2D eigenvalue weighted by atomic mass is 32.2. The van der Waals surface area contributed by atoms with Crippen LogP contribution in [0.15, 0.2) is 35.2 Å². The fourth-order valence-corrected chi connectivity index (χ4v) is 4.11. The molecule has 1 aliphatic heterocycles. The van der Waals surface area contributed by atoms with Gasteiger partial charge in [0.05, 0.1) is 6.61 Å². The summed E-state index contributed by atoms with van der Waals surface area (Å²) in [6.07, 6.45) is 0.416. The summed E-state index contributed by atoms with van der Waals surface area (Å²) >= 11 is 0. The van der Waals surface area contributed by atoms with Crippen molar-refractivity contribution >= 4 is 21.6 Å². The van der Waals surface area contributed by atoms with Crippen LogP contribution >= 0.6 is 0 Å². The third-order valence-corrected chi connectivity index (χ3v) is 5.78. The second kappa shape index (κ2) is 7.90. The van der Waals surface area contributed by atoms with Gasteiger partial charge in [-0.15, -0.1) is 0 Å². The molecular formula is C18H17F3N2O4S. The number of halogens is 3. The topological polar surface area (TPSA) is 84.5 Å². The summed E-state index contributed by atoms with van der Waals surface area (Å²) in [5.41, 5.74) is -0.720. The predicted octanol–water partition coefficient (Wildman–Crippen LogP) is 2.73. The molecule has 1 heterocycles. The molecule has 10 heteroatoms. The second-order valence-electron chi connectivity index (χ2n) is 6.33. The van der Waals surface area contributed by atoms with Crippen LogP contribution in [-0.4, -0.2) is 33.6 Å². The van der Waals surface area contributed by atoms with E-state index < -0.39 is 49.9 Å². The Balaban J connectivity index is 1.91. The molecule has 28 heavy (non-hydrogen) atoms. The van der Waals surface area contributed by atoms with Crippen molar-refractivity contribution in [3.8, 4) is 0 Å². The minimum atomic E-state index is -4.33. The number of hydrogen-bond donors (Lipinski definition) is 2. The quantitative estimate of drug-likeness (QED) is 0.788. The largest absolute Gasteiger partial charge is 0.380 e. The number of ether oxygens (including phenoxy) is 1. The average Bonchev–Trinajstić information content (AvgIpc) is 3.10. The molecule has 1 aliphatic rings. The van der Waals surface area contributed by atoms with Crippen LogP contribution in [0.5, 0.6) is 0 Å². The summed E-state index contributed by atoms with van der Waals surface area (Å²) in [5, 5.41) is 2.24. The molecule has 6 nitrogen and oxygen atoms in total. The first-order valence-electron chi connectivity index (χ1n) is 8.34. The minimum absolute atomic E-state index is 0.109. The molecular weight excluding hydrogens is 397 g/mol. The van der Waals surface area contributed by atoms with Gasteiger partial charge < -0.3 is 10.1 Å². The molecule has 2 aromatic rings. The zero-order valence-corrected chi connectivity index (χ0v) is 15.6. The molecule has 2 aromatic carbocycles. The normalized spacial score (nSPS) is 16.9. The highest BCUT2D eigenvalue weighted by Gasteiger charge is 2.30. The lowest BCUT2D eigenvalue weighted by molar-refractivity contribution is 0.101. The summed E-state index contributed by atoms with van der Waals surface area (Å²) in [7, 11) is -4.33. The Morgan fingerprint density at radius 3 is 2.50 bits per heavy atom. The number of carbonyl (C=O) groups excluding carboxylic acids is 1. The first-order chi connectivity index (χ1) is 13.2. The molecule has 0 saturated carbocycles. The highest BCUT2D eigenvalue weighted by Crippen LogP contribution is 2.23. The maximum absolute atomic E-state index is 14.8. The number of amides is 1. The number of sulfonamides is 1. The second-order valence-corrected chi connectivity index (χ2v) is 8.02. The van der Waals surface area contributed by atoms with Gasteiger partial charge in [-0.1, -0.05) is 0 Å². The predicted molar refractivity (Wildman–Crippen MR) is 95.0 cm³/mol. The molecule has 1 fully saturated rings. The standard InChI is InChI=1S/C18H17F3N2O4S/c1-10-8-11(2-3-13(10)19)22-18(24)16-14(20)4-5-15(17(16)21)28(25,26)23-12-6-7-27-9-12/h2-5,8,12,23H,6-7,9H2,1H3,(H,22,24)/t12-/m0/s1. The van der Waals surface area contributed by atoms with E-state index in [0.717, 1.165) is 12.1 Å². The van der Waals surface area contributed by atoms with Gasteiger partial charge in [-0.05, 0) is 49.2 Å². The molecule has 0 spiro atoms. The van der Waals surface area contributed by atoms with Crippen molar-refractivity contribution in [3.63, 3.8) is 0 Å². The van der Waals surface area contributed by atoms with E-state index in [1.54, 1.807) is 0 Å². The van der Waals surface area contributed by atoms with E-state index in [2.05, 4.69) is 10.0 Å². The molecule has 0 aromatic heterocycles. The van der Waals surface area contributed by atoms with E-state index in [4.69, 9.17) is 4.74 Å². The van der Waals surface area contributed by atoms with Crippen molar-refractivity contribution in [2.24, 2.45) is 0 Å². The van der Waals surface area contributed by atoms with Crippen molar-refractivity contribution in [3.05, 3.63) is 58.9 Å². The van der Waals surface area contributed by atoms with E-state index in [1.165, 1.54) is 19.1 Å². The number of nitrogens with one attached hydrogen (secondary N) is 2. The molecule has 3 rings (SSSR count). The van der Waals surface area contributed by atoms with Gasteiger partial charge in [0.15, 0.2) is 5.82 Å². The first-order valence-corrected chi connectivity index (χ1v) is 9.83. The third kappa shape index (κ3) is 4.18. The van der Waals surface area contributed by atoms with Crippen LogP contribution in [0.4, 0.5) is 18.9 Å². The number of aryl methyl sites for hydroxylation is 1. The summed E-state index contributed by atoms with van der Waals surface area (Å²) in [4.78, 5) is 11.5. The summed E-state index contributed by atoms with van der Waals surface area (Å²) in [5.74, 6) is -4.44. The van der Waals surface area contributed by atoms with E-state index in [-0.39, 0.29) is 17.9 Å². The van der Waals surface area contributed by atoms with Gasteiger partial charge in [-0.3, -0.25) is 4.79 Å². The first kappa shape index (κ1) is 20.3. The monoisotopic (exact) mass is 414 g/mol. The number of benzene rings is 2. The number of carbonyl (C=O) groups is 1. The van der Waals surface area contributed by atoms with E-state index in [1.807, 2.05) is 0 Å². The Hall–Kier alpha value is -2.43. The lowest BCUT2D eigenvalue weighted by atomic mass is 10.1. The fourth-order valence-electron chi connectivity index (χ4n) is 2.78. The Morgan fingerprint density at radius 2 is 1.86 bits per heavy atom. The van der Waals surface area contributed by atoms with Crippen LogP contribution < -0.4 is 10.0 Å². The maximum Gasteiger partial charge on any atom is 0.261 e. The lowest BCUT2D eigenvalue weighted by Gasteiger charge is -2.14. The Morgan fingerprint density at radius 1 is 1.14 bits per heavy atom. The van der Waals surface area contributed by atoms with Gasteiger partial charge >= 0.3 is 0 Å². The summed E-state index contributed by atoms with van der Waals surface area (Å²) in [6.45, 7) is 1.96. The molecule has 0 bridgehead atoms. The average molecular weight is 414 g/mol. The van der Waals surface area contributed by atoms with Crippen LogP contribution in [0.25, 0.3) is 0 Å². The van der Waals surface area contributed by atoms with Crippen molar-refractivity contribution < 1.29 is 31.1 Å². The van der Waals surface area contributed by atoms with E-state index in [0.29, 0.717) is 19.1 Å². The van der Waals surface area contributed by atoms with Crippen molar-refractivity contribution in [2.45, 2.75) is 24.3 Å². The van der Waals surface area contributed by atoms with Gasteiger partial charge in [0.1, 0.15) is 22.1 Å². The van der Waals surface area contributed by atoms with Crippen LogP contribution in [0, 0.1) is 24.4 Å². The van der Waals surface area contributed by atoms with Crippen molar-refractivity contribution in [1.82, 2.24) is 4.72 Å². The molecule has 1 atom stereocenters. The summed E-state index contributed by atoms with van der Waals surface area (Å²) < 4.78 is 74.4. The smallest absolute Gasteiger partial charge is 0.261 e. The molecule has 1 saturated heterocycles. The number of rotatable bonds is 5. The lowest BCUT2D eigenvalue weighted by Crippen LogP contribution is -2.35. The zero-order chi connectivity index (χ0) is 20.5. The molecule has 2 N–H and O–H groups in total. The SMILES string of the molecule is Cc1cc(NC(=O)c2c(F)ccc(S(=O)(=O)N[C@H]3CCOC3)c2F)ccc1F. The Labute approximate surface area is 159 Å². The Bertz CT molecular complexity index is 1020. The van der Waals surface area contributed by atoms with Gasteiger partial charge in [-0.25, -0.2) is 26.3 Å². The molecule has 0 aliphatic carbocycles. The number of anilines is 1. The van der Waals surface area contributed by atoms with Crippen molar-refractivity contribution in [1.29, 1.82) is 0 Å². The van der Waals surface area contributed by atoms with Crippen molar-refractivity contribution in [2.75, 3.05) is 18.5 Å². The van der Waals surface area contributed by atoms with Gasteiger partial charge in [0, 0.05) is 18.3 Å². The third-order valence-electron chi connectivity index (χ3n) is 4.24. The van der Waals surface area contributed by atoms with Gasteiger partial charge in [-0.2, -0.15) is 0 Å². The van der Waals surface area contributed by atoms with Crippen LogP contribution in [0.3, 0.4) is 0 Å². The fraction of sp³-hybridized carbons (Fsp3) is 0.278. The Kier molecular flexibility index (Phi) is 5.73. The molecule has 0 unspecified atom stereocenters. The molecule has 150 valence electrons. The van der Waals surface area contributed by atoms with Crippen LogP contribution in [0.2, 0.25) is 0 Å². The summed E-state index contributed by atoms with van der Waals surface area (Å²) in [6, 6.07) is 4.51. The van der Waals surface area contributed by atoms with Crippen LogP contribution in [-0.2, 0) is 14.8 Å². The highest BCUT2D eigenvalue weighted by molar-refractivity contribution is 7.89. The van der Waals surface area contributed by atoms with E-state index >= 15 is 0 Å². The zero-order valence-electron chi connectivity index (χ0n) is 14.8. The van der Waals surface area contributed by atoms with E-state index in [9.17, 15) is 26.4 Å². The molecule has 1 amide bonds. The maximum atomic E-state index is 14.8. The molecule has 0 radical (unpaired) electrons. The van der Waals surface area contributed by atoms with Gasteiger partial charge in [0.2, 0.25) is 10.0 Å². The van der Waals surface area contributed by atoms with Crippen LogP contribution in [0.1, 0.15) is 22.3 Å².